The SMILES string of the molecule is C[C@@H](NC(=O)NCc1ccnc(OC2CCCC2)c1)c1nccs1. The number of pyridine rings is 1. The normalized spacial score (nSPS) is 15.9. The Morgan fingerprint density at radius 1 is 1.38 bits per heavy atom. The minimum atomic E-state index is -0.215. The summed E-state index contributed by atoms with van der Waals surface area (Å²) in [5, 5.41) is 8.52. The molecular formula is C17H22N4O2S. The standard InChI is InChI=1S/C17H22N4O2S/c1-12(16-19-8-9-24-16)21-17(22)20-11-13-6-7-18-15(10-13)23-14-4-2-3-5-14/h6-10,12,14H,2-5,11H2,1H3,(H2,20,21,22)/t12-/m1/s1. The van der Waals surface area contributed by atoms with Crippen LogP contribution in [0, 0.1) is 0 Å². The first-order chi connectivity index (χ1) is 11.7. The number of nitrogens with zero attached hydrogens (tertiary/aromatic N) is 2. The molecule has 0 saturated heterocycles. The van der Waals surface area contributed by atoms with Crippen molar-refractivity contribution in [2.24, 2.45) is 0 Å². The minimum Gasteiger partial charge on any atom is -0.474 e. The molecule has 1 aliphatic carbocycles. The summed E-state index contributed by atoms with van der Waals surface area (Å²) in [6, 6.07) is 3.45. The number of hydrogen-bond donors (Lipinski definition) is 2. The van der Waals surface area contributed by atoms with Crippen molar-refractivity contribution in [1.82, 2.24) is 20.6 Å². The molecule has 128 valence electrons. The summed E-state index contributed by atoms with van der Waals surface area (Å²) in [5.41, 5.74) is 0.968. The smallest absolute Gasteiger partial charge is 0.315 e. The highest BCUT2D eigenvalue weighted by atomic mass is 32.1. The third-order valence-corrected chi connectivity index (χ3v) is 4.97. The maximum absolute atomic E-state index is 12.0. The Labute approximate surface area is 145 Å². The van der Waals surface area contributed by atoms with Gasteiger partial charge in [-0.25, -0.2) is 14.8 Å². The van der Waals surface area contributed by atoms with Crippen molar-refractivity contribution in [2.75, 3.05) is 0 Å². The van der Waals surface area contributed by atoms with Gasteiger partial charge in [-0.3, -0.25) is 0 Å². The number of carbonyl (C=O) groups excluding carboxylic acids is 1. The third-order valence-electron chi connectivity index (χ3n) is 4.01. The van der Waals surface area contributed by atoms with Crippen LogP contribution in [0.1, 0.15) is 49.2 Å². The highest BCUT2D eigenvalue weighted by Crippen LogP contribution is 2.23. The van der Waals surface area contributed by atoms with Gasteiger partial charge in [-0.2, -0.15) is 0 Å². The molecule has 24 heavy (non-hydrogen) atoms. The molecular weight excluding hydrogens is 324 g/mol. The van der Waals surface area contributed by atoms with Crippen LogP contribution in [-0.4, -0.2) is 22.1 Å². The van der Waals surface area contributed by atoms with E-state index in [1.807, 2.05) is 24.4 Å². The van der Waals surface area contributed by atoms with E-state index in [-0.39, 0.29) is 18.2 Å². The Hall–Kier alpha value is -2.15. The van der Waals surface area contributed by atoms with Crippen LogP contribution in [-0.2, 0) is 6.54 Å². The minimum absolute atomic E-state index is 0.108. The molecule has 0 aromatic carbocycles. The zero-order valence-corrected chi connectivity index (χ0v) is 14.5. The first-order valence-corrected chi connectivity index (χ1v) is 9.14. The molecule has 2 N–H and O–H groups in total. The summed E-state index contributed by atoms with van der Waals surface area (Å²) in [7, 11) is 0. The second kappa shape index (κ2) is 8.10. The van der Waals surface area contributed by atoms with Gasteiger partial charge in [0.05, 0.1) is 6.04 Å². The Kier molecular flexibility index (Phi) is 5.63. The second-order valence-corrected chi connectivity index (χ2v) is 6.87. The lowest BCUT2D eigenvalue weighted by Crippen LogP contribution is -2.36. The van der Waals surface area contributed by atoms with E-state index >= 15 is 0 Å². The van der Waals surface area contributed by atoms with Gasteiger partial charge < -0.3 is 15.4 Å². The van der Waals surface area contributed by atoms with Crippen molar-refractivity contribution in [3.63, 3.8) is 0 Å². The Bertz CT molecular complexity index is 656. The number of thiazole rings is 1. The number of carbonyl (C=O) groups is 1. The molecule has 0 radical (unpaired) electrons. The summed E-state index contributed by atoms with van der Waals surface area (Å²) in [6.45, 7) is 2.35. The van der Waals surface area contributed by atoms with Crippen molar-refractivity contribution in [2.45, 2.75) is 51.3 Å². The van der Waals surface area contributed by atoms with Gasteiger partial charge in [-0.1, -0.05) is 0 Å². The van der Waals surface area contributed by atoms with Gasteiger partial charge in [-0.15, -0.1) is 11.3 Å². The lowest BCUT2D eigenvalue weighted by Gasteiger charge is -2.14. The molecule has 0 unspecified atom stereocenters. The Morgan fingerprint density at radius 2 is 2.21 bits per heavy atom. The highest BCUT2D eigenvalue weighted by Gasteiger charge is 2.17. The lowest BCUT2D eigenvalue weighted by atomic mass is 10.2. The van der Waals surface area contributed by atoms with Gasteiger partial charge in [0.25, 0.3) is 0 Å². The fourth-order valence-corrected chi connectivity index (χ4v) is 3.39. The van der Waals surface area contributed by atoms with Gasteiger partial charge in [0, 0.05) is 30.4 Å². The van der Waals surface area contributed by atoms with Crippen molar-refractivity contribution < 1.29 is 9.53 Å². The van der Waals surface area contributed by atoms with Gasteiger partial charge in [0.15, 0.2) is 0 Å². The number of nitrogens with one attached hydrogen (secondary N) is 2. The van der Waals surface area contributed by atoms with Gasteiger partial charge in [0.1, 0.15) is 11.1 Å². The van der Waals surface area contributed by atoms with E-state index in [2.05, 4.69) is 20.6 Å². The second-order valence-electron chi connectivity index (χ2n) is 5.95. The van der Waals surface area contributed by atoms with Crippen LogP contribution in [0.2, 0.25) is 0 Å². The monoisotopic (exact) mass is 346 g/mol. The molecule has 1 aliphatic rings. The van der Waals surface area contributed by atoms with E-state index < -0.39 is 0 Å². The number of ether oxygens (including phenoxy) is 1. The van der Waals surface area contributed by atoms with Gasteiger partial charge >= 0.3 is 6.03 Å². The number of urea groups is 1. The number of rotatable bonds is 6. The topological polar surface area (TPSA) is 76.1 Å². The van der Waals surface area contributed by atoms with Crippen LogP contribution in [0.15, 0.2) is 29.9 Å². The predicted octanol–water partition coefficient (Wildman–Crippen LogP) is 3.42. The summed E-state index contributed by atoms with van der Waals surface area (Å²) < 4.78 is 5.89. The average molecular weight is 346 g/mol. The van der Waals surface area contributed by atoms with Crippen molar-refractivity contribution in [3.05, 3.63) is 40.5 Å². The van der Waals surface area contributed by atoms with Gasteiger partial charge in [-0.05, 0) is 44.2 Å². The molecule has 2 amide bonds. The molecule has 0 bridgehead atoms. The maximum Gasteiger partial charge on any atom is 0.315 e. The molecule has 7 heteroatoms. The van der Waals surface area contributed by atoms with Gasteiger partial charge in [0.2, 0.25) is 5.88 Å². The van der Waals surface area contributed by atoms with Crippen LogP contribution >= 0.6 is 11.3 Å². The lowest BCUT2D eigenvalue weighted by molar-refractivity contribution is 0.201. The Morgan fingerprint density at radius 3 is 2.96 bits per heavy atom. The fourth-order valence-electron chi connectivity index (χ4n) is 2.74. The number of amides is 2. The first kappa shape index (κ1) is 16.7. The van der Waals surface area contributed by atoms with Crippen molar-refractivity contribution in [1.29, 1.82) is 0 Å². The van der Waals surface area contributed by atoms with E-state index in [0.29, 0.717) is 12.4 Å². The Balaban J connectivity index is 1.48. The van der Waals surface area contributed by atoms with Crippen LogP contribution < -0.4 is 15.4 Å². The van der Waals surface area contributed by atoms with E-state index in [9.17, 15) is 4.79 Å². The fraction of sp³-hybridized carbons (Fsp3) is 0.471. The number of aromatic nitrogens is 2. The largest absolute Gasteiger partial charge is 0.474 e. The molecule has 2 aromatic heterocycles. The van der Waals surface area contributed by atoms with E-state index in [4.69, 9.17) is 4.74 Å². The van der Waals surface area contributed by atoms with Crippen molar-refractivity contribution in [3.8, 4) is 5.88 Å². The zero-order valence-electron chi connectivity index (χ0n) is 13.7. The molecule has 1 fully saturated rings. The van der Waals surface area contributed by atoms with Crippen LogP contribution in [0.5, 0.6) is 5.88 Å². The number of hydrogen-bond acceptors (Lipinski definition) is 5. The summed E-state index contributed by atoms with van der Waals surface area (Å²) in [6.07, 6.45) is 8.38. The van der Waals surface area contributed by atoms with E-state index in [1.54, 1.807) is 12.4 Å². The molecule has 0 spiro atoms. The van der Waals surface area contributed by atoms with Crippen LogP contribution in [0.25, 0.3) is 0 Å². The summed E-state index contributed by atoms with van der Waals surface area (Å²) >= 11 is 1.53. The zero-order chi connectivity index (χ0) is 16.8. The van der Waals surface area contributed by atoms with E-state index in [1.165, 1.54) is 24.2 Å². The molecule has 1 atom stereocenters. The molecule has 3 rings (SSSR count). The molecule has 6 nitrogen and oxygen atoms in total. The average Bonchev–Trinajstić information content (AvgIpc) is 3.27. The molecule has 0 aliphatic heterocycles. The first-order valence-electron chi connectivity index (χ1n) is 8.26. The summed E-state index contributed by atoms with van der Waals surface area (Å²) in [4.78, 5) is 20.4. The molecule has 2 heterocycles. The predicted molar refractivity (Wildman–Crippen MR) is 93.0 cm³/mol. The maximum atomic E-state index is 12.0. The highest BCUT2D eigenvalue weighted by molar-refractivity contribution is 7.09. The van der Waals surface area contributed by atoms with Crippen LogP contribution in [0.3, 0.4) is 0 Å². The third kappa shape index (κ3) is 4.67. The van der Waals surface area contributed by atoms with Crippen molar-refractivity contribution >= 4 is 17.4 Å². The molecule has 2 aromatic rings. The van der Waals surface area contributed by atoms with E-state index in [0.717, 1.165) is 23.4 Å². The summed E-state index contributed by atoms with van der Waals surface area (Å²) in [5.74, 6) is 0.637. The molecule has 1 saturated carbocycles. The van der Waals surface area contributed by atoms with Crippen LogP contribution in [0.4, 0.5) is 4.79 Å². The quantitative estimate of drug-likeness (QED) is 0.840.